The normalized spacial score (nSPS) is 11.5. The van der Waals surface area contributed by atoms with Gasteiger partial charge in [-0.3, -0.25) is 0 Å². The van der Waals surface area contributed by atoms with Crippen LogP contribution in [0.25, 0.3) is 0 Å². The van der Waals surface area contributed by atoms with E-state index in [-0.39, 0.29) is 6.61 Å². The molecular weight excluding hydrogens is 447 g/mol. The summed E-state index contributed by atoms with van der Waals surface area (Å²) in [5, 5.41) is 9.67. The highest BCUT2D eigenvalue weighted by Gasteiger charge is 2.39. The molecule has 0 saturated carbocycles. The van der Waals surface area contributed by atoms with Crippen molar-refractivity contribution in [2.24, 2.45) is 0 Å². The van der Waals surface area contributed by atoms with Gasteiger partial charge in [-0.1, -0.05) is 91.0 Å². The molecule has 0 radical (unpaired) electrons. The van der Waals surface area contributed by atoms with Gasteiger partial charge in [-0.2, -0.15) is 0 Å². The largest absolute Gasteiger partial charge is 0.390 e. The van der Waals surface area contributed by atoms with Gasteiger partial charge in [0, 0.05) is 6.20 Å². The first kappa shape index (κ1) is 17.9. The van der Waals surface area contributed by atoms with Crippen LogP contribution in [0.2, 0.25) is 0 Å². The standard InChI is InChI=1S/C23H19IN2O/c24-22-25-21(17-27)16-26(22)23(18-10-4-1-5-11-18,19-12-6-2-7-13-19)20-14-8-3-9-15-20/h1-16,27H,17H2. The monoisotopic (exact) mass is 466 g/mol. The van der Waals surface area contributed by atoms with E-state index in [0.717, 1.165) is 20.5 Å². The second-order valence-corrected chi connectivity index (χ2v) is 7.30. The molecule has 4 aromatic rings. The van der Waals surface area contributed by atoms with E-state index in [0.29, 0.717) is 5.69 Å². The number of hydrogen-bond acceptors (Lipinski definition) is 2. The van der Waals surface area contributed by atoms with Crippen LogP contribution in [0.4, 0.5) is 0 Å². The van der Waals surface area contributed by atoms with Crippen LogP contribution in [0.15, 0.2) is 97.2 Å². The van der Waals surface area contributed by atoms with Crippen molar-refractivity contribution in [2.45, 2.75) is 12.1 Å². The van der Waals surface area contributed by atoms with Crippen LogP contribution in [0.5, 0.6) is 0 Å². The summed E-state index contributed by atoms with van der Waals surface area (Å²) >= 11 is 2.25. The van der Waals surface area contributed by atoms with Gasteiger partial charge in [0.15, 0.2) is 3.83 Å². The lowest BCUT2D eigenvalue weighted by Crippen LogP contribution is -2.38. The minimum absolute atomic E-state index is 0.0859. The van der Waals surface area contributed by atoms with Gasteiger partial charge in [-0.15, -0.1) is 0 Å². The lowest BCUT2D eigenvalue weighted by molar-refractivity contribution is 0.277. The maximum atomic E-state index is 9.67. The van der Waals surface area contributed by atoms with Crippen molar-refractivity contribution in [2.75, 3.05) is 0 Å². The van der Waals surface area contributed by atoms with Crippen LogP contribution in [0.3, 0.4) is 0 Å². The lowest BCUT2D eigenvalue weighted by Gasteiger charge is -2.38. The summed E-state index contributed by atoms with van der Waals surface area (Å²) in [5.74, 6) is 0. The Morgan fingerprint density at radius 1 is 0.741 bits per heavy atom. The van der Waals surface area contributed by atoms with Crippen LogP contribution < -0.4 is 0 Å². The third kappa shape index (κ3) is 3.09. The maximum absolute atomic E-state index is 9.67. The van der Waals surface area contributed by atoms with Gasteiger partial charge in [0.2, 0.25) is 0 Å². The van der Waals surface area contributed by atoms with Crippen molar-refractivity contribution < 1.29 is 5.11 Å². The van der Waals surface area contributed by atoms with Crippen LogP contribution in [0.1, 0.15) is 22.4 Å². The van der Waals surface area contributed by atoms with Gasteiger partial charge >= 0.3 is 0 Å². The number of aliphatic hydroxyl groups is 1. The number of hydrogen-bond donors (Lipinski definition) is 1. The van der Waals surface area contributed by atoms with Crippen molar-refractivity contribution in [1.29, 1.82) is 0 Å². The molecule has 0 bridgehead atoms. The number of nitrogens with zero attached hydrogens (tertiary/aromatic N) is 2. The molecule has 3 aromatic carbocycles. The molecule has 27 heavy (non-hydrogen) atoms. The Bertz CT molecular complexity index is 918. The minimum Gasteiger partial charge on any atom is -0.390 e. The zero-order chi connectivity index (χ0) is 18.7. The highest BCUT2D eigenvalue weighted by atomic mass is 127. The Hall–Kier alpha value is -2.44. The van der Waals surface area contributed by atoms with Gasteiger partial charge in [0.25, 0.3) is 0 Å². The Kier molecular flexibility index (Phi) is 5.09. The third-order valence-corrected chi connectivity index (χ3v) is 5.57. The van der Waals surface area contributed by atoms with E-state index in [2.05, 4.69) is 105 Å². The number of rotatable bonds is 5. The summed E-state index contributed by atoms with van der Waals surface area (Å²) in [7, 11) is 0. The van der Waals surface area contributed by atoms with E-state index in [1.807, 2.05) is 24.4 Å². The molecule has 0 amide bonds. The second-order valence-electron chi connectivity index (χ2n) is 6.34. The Balaban J connectivity index is 2.14. The van der Waals surface area contributed by atoms with Crippen LogP contribution in [-0.2, 0) is 12.1 Å². The molecule has 1 aromatic heterocycles. The van der Waals surface area contributed by atoms with Crippen LogP contribution in [0, 0.1) is 3.83 Å². The molecule has 4 rings (SSSR count). The summed E-state index contributed by atoms with van der Waals surface area (Å²) < 4.78 is 2.99. The molecule has 3 nitrogen and oxygen atoms in total. The molecule has 0 spiro atoms. The predicted octanol–water partition coefficient (Wildman–Crippen LogP) is 4.82. The first-order chi connectivity index (χ1) is 13.3. The summed E-state index contributed by atoms with van der Waals surface area (Å²) in [6.07, 6.45) is 1.95. The molecule has 4 heteroatoms. The van der Waals surface area contributed by atoms with Crippen molar-refractivity contribution >= 4 is 22.6 Å². The molecule has 0 saturated heterocycles. The number of imidazole rings is 1. The van der Waals surface area contributed by atoms with Gasteiger partial charge in [0.1, 0.15) is 5.54 Å². The number of aliphatic hydroxyl groups excluding tert-OH is 1. The van der Waals surface area contributed by atoms with E-state index in [4.69, 9.17) is 0 Å². The van der Waals surface area contributed by atoms with E-state index in [1.165, 1.54) is 0 Å². The number of benzene rings is 3. The molecule has 0 unspecified atom stereocenters. The molecule has 134 valence electrons. The van der Waals surface area contributed by atoms with Crippen molar-refractivity contribution in [3.05, 3.63) is 123 Å². The third-order valence-electron chi connectivity index (χ3n) is 4.81. The van der Waals surface area contributed by atoms with E-state index < -0.39 is 5.54 Å². The SMILES string of the molecule is OCc1cn(C(c2ccccc2)(c2ccccc2)c2ccccc2)c(I)n1. The highest BCUT2D eigenvalue weighted by molar-refractivity contribution is 14.1. The summed E-state index contributed by atoms with van der Waals surface area (Å²) in [6, 6.07) is 31.3. The average Bonchev–Trinajstić information content (AvgIpc) is 3.12. The zero-order valence-electron chi connectivity index (χ0n) is 14.7. The smallest absolute Gasteiger partial charge is 0.172 e. The Morgan fingerprint density at radius 3 is 1.48 bits per heavy atom. The molecule has 1 N–H and O–H groups in total. The highest BCUT2D eigenvalue weighted by Crippen LogP contribution is 2.41. The molecule has 0 aliphatic heterocycles. The van der Waals surface area contributed by atoms with Crippen LogP contribution >= 0.6 is 22.6 Å². The fourth-order valence-electron chi connectivity index (χ4n) is 3.67. The first-order valence-electron chi connectivity index (χ1n) is 8.78. The van der Waals surface area contributed by atoms with Crippen molar-refractivity contribution in [3.8, 4) is 0 Å². The molecule has 0 fully saturated rings. The van der Waals surface area contributed by atoms with Gasteiger partial charge < -0.3 is 9.67 Å². The zero-order valence-corrected chi connectivity index (χ0v) is 16.8. The molecule has 0 aliphatic carbocycles. The first-order valence-corrected chi connectivity index (χ1v) is 9.86. The summed E-state index contributed by atoms with van der Waals surface area (Å²) in [6.45, 7) is -0.0859. The van der Waals surface area contributed by atoms with Gasteiger partial charge in [-0.25, -0.2) is 4.98 Å². The van der Waals surface area contributed by atoms with E-state index >= 15 is 0 Å². The van der Waals surface area contributed by atoms with Crippen molar-refractivity contribution in [3.63, 3.8) is 0 Å². The maximum Gasteiger partial charge on any atom is 0.172 e. The summed E-state index contributed by atoms with van der Waals surface area (Å²) in [5.41, 5.74) is 3.50. The van der Waals surface area contributed by atoms with Crippen LogP contribution in [-0.4, -0.2) is 14.7 Å². The van der Waals surface area contributed by atoms with E-state index in [9.17, 15) is 5.11 Å². The fourth-order valence-corrected chi connectivity index (χ4v) is 4.48. The van der Waals surface area contributed by atoms with Gasteiger partial charge in [-0.05, 0) is 39.3 Å². The quantitative estimate of drug-likeness (QED) is 0.339. The number of aromatic nitrogens is 2. The fraction of sp³-hybridized carbons (Fsp3) is 0.0870. The van der Waals surface area contributed by atoms with Gasteiger partial charge in [0.05, 0.1) is 12.3 Å². The summed E-state index contributed by atoms with van der Waals surface area (Å²) in [4.78, 5) is 4.57. The Morgan fingerprint density at radius 2 is 1.15 bits per heavy atom. The molecular formula is C23H19IN2O. The minimum atomic E-state index is -0.583. The Labute approximate surface area is 172 Å². The van der Waals surface area contributed by atoms with E-state index in [1.54, 1.807) is 0 Å². The lowest BCUT2D eigenvalue weighted by atomic mass is 9.77. The molecule has 0 aliphatic rings. The molecule has 1 heterocycles. The number of halogens is 1. The topological polar surface area (TPSA) is 38.0 Å². The second kappa shape index (κ2) is 7.66. The average molecular weight is 466 g/mol. The molecule has 0 atom stereocenters. The van der Waals surface area contributed by atoms with Crippen molar-refractivity contribution in [1.82, 2.24) is 9.55 Å². The predicted molar refractivity (Wildman–Crippen MR) is 115 cm³/mol.